The predicted octanol–water partition coefficient (Wildman–Crippen LogP) is 4.01. The van der Waals surface area contributed by atoms with E-state index in [-0.39, 0.29) is 5.56 Å². The number of aliphatic hydroxyl groups excluding tert-OH is 1. The molecule has 0 saturated heterocycles. The molecule has 0 bridgehead atoms. The largest absolute Gasteiger partial charge is 0.383 e. The van der Waals surface area contributed by atoms with Crippen molar-refractivity contribution in [3.05, 3.63) is 69.7 Å². The second-order valence-electron chi connectivity index (χ2n) is 4.05. The fraction of sp³-hybridized carbons (Fsp3) is 0.143. The van der Waals surface area contributed by atoms with Crippen LogP contribution in [0.3, 0.4) is 0 Å². The first-order valence-corrected chi connectivity index (χ1v) is 5.76. The molecule has 0 radical (unpaired) electrons. The van der Waals surface area contributed by atoms with E-state index in [9.17, 15) is 13.9 Å². The van der Waals surface area contributed by atoms with E-state index in [1.54, 1.807) is 25.1 Å². The van der Waals surface area contributed by atoms with Gasteiger partial charge in [0.15, 0.2) is 0 Å². The molecule has 2 aromatic carbocycles. The SMILES string of the molecule is Cc1cccc(C(O)c2cc(F)ccc2F)c1Cl. The molecule has 0 aliphatic heterocycles. The smallest absolute Gasteiger partial charge is 0.129 e. The third-order valence-electron chi connectivity index (χ3n) is 2.77. The number of halogens is 3. The van der Waals surface area contributed by atoms with Crippen LogP contribution in [0.15, 0.2) is 36.4 Å². The fourth-order valence-electron chi connectivity index (χ4n) is 1.77. The third-order valence-corrected chi connectivity index (χ3v) is 3.29. The van der Waals surface area contributed by atoms with E-state index in [0.717, 1.165) is 23.8 Å². The van der Waals surface area contributed by atoms with Crippen LogP contribution in [0.2, 0.25) is 5.02 Å². The third kappa shape index (κ3) is 2.37. The van der Waals surface area contributed by atoms with E-state index in [1.807, 2.05) is 0 Å². The molecule has 0 spiro atoms. The van der Waals surface area contributed by atoms with Gasteiger partial charge < -0.3 is 5.11 Å². The van der Waals surface area contributed by atoms with Crippen molar-refractivity contribution in [2.24, 2.45) is 0 Å². The molecule has 94 valence electrons. The summed E-state index contributed by atoms with van der Waals surface area (Å²) in [5.41, 5.74) is 1.01. The summed E-state index contributed by atoms with van der Waals surface area (Å²) < 4.78 is 26.7. The maximum absolute atomic E-state index is 13.6. The first kappa shape index (κ1) is 13.0. The van der Waals surface area contributed by atoms with Crippen molar-refractivity contribution < 1.29 is 13.9 Å². The minimum Gasteiger partial charge on any atom is -0.383 e. The van der Waals surface area contributed by atoms with Crippen LogP contribution >= 0.6 is 11.6 Å². The van der Waals surface area contributed by atoms with Gasteiger partial charge in [-0.25, -0.2) is 8.78 Å². The average Bonchev–Trinajstić information content (AvgIpc) is 2.35. The molecule has 0 amide bonds. The molecule has 1 atom stereocenters. The molecular weight excluding hydrogens is 258 g/mol. The Labute approximate surface area is 109 Å². The highest BCUT2D eigenvalue weighted by Gasteiger charge is 2.19. The molecule has 2 rings (SSSR count). The zero-order valence-corrected chi connectivity index (χ0v) is 10.4. The van der Waals surface area contributed by atoms with E-state index in [4.69, 9.17) is 11.6 Å². The summed E-state index contributed by atoms with van der Waals surface area (Å²) in [6.07, 6.45) is -1.28. The summed E-state index contributed by atoms with van der Waals surface area (Å²) in [6.45, 7) is 1.78. The summed E-state index contributed by atoms with van der Waals surface area (Å²) in [4.78, 5) is 0. The number of benzene rings is 2. The van der Waals surface area contributed by atoms with Crippen LogP contribution < -0.4 is 0 Å². The van der Waals surface area contributed by atoms with E-state index in [1.165, 1.54) is 0 Å². The molecule has 1 N–H and O–H groups in total. The molecule has 4 heteroatoms. The summed E-state index contributed by atoms with van der Waals surface area (Å²) >= 11 is 6.05. The van der Waals surface area contributed by atoms with Crippen molar-refractivity contribution in [2.75, 3.05) is 0 Å². The Kier molecular flexibility index (Phi) is 3.64. The highest BCUT2D eigenvalue weighted by atomic mass is 35.5. The van der Waals surface area contributed by atoms with Crippen LogP contribution in [0.4, 0.5) is 8.78 Å². The van der Waals surface area contributed by atoms with Crippen molar-refractivity contribution in [3.63, 3.8) is 0 Å². The average molecular weight is 269 g/mol. The number of aryl methyl sites for hydroxylation is 1. The minimum absolute atomic E-state index is 0.123. The highest BCUT2D eigenvalue weighted by Crippen LogP contribution is 2.31. The van der Waals surface area contributed by atoms with Gasteiger partial charge in [0.05, 0.1) is 0 Å². The molecule has 0 aromatic heterocycles. The Hall–Kier alpha value is -1.45. The predicted molar refractivity (Wildman–Crippen MR) is 66.6 cm³/mol. The minimum atomic E-state index is -1.28. The van der Waals surface area contributed by atoms with Gasteiger partial charge in [0.1, 0.15) is 17.7 Å². The maximum Gasteiger partial charge on any atom is 0.129 e. The topological polar surface area (TPSA) is 20.2 Å². The van der Waals surface area contributed by atoms with Gasteiger partial charge in [-0.3, -0.25) is 0 Å². The summed E-state index contributed by atoms with van der Waals surface area (Å²) in [7, 11) is 0. The van der Waals surface area contributed by atoms with Crippen molar-refractivity contribution >= 4 is 11.6 Å². The molecule has 0 aliphatic rings. The molecule has 1 unspecified atom stereocenters. The molecule has 0 saturated carbocycles. The Balaban J connectivity index is 2.51. The first-order chi connectivity index (χ1) is 8.50. The van der Waals surface area contributed by atoms with Crippen LogP contribution in [-0.4, -0.2) is 5.11 Å². The molecule has 18 heavy (non-hydrogen) atoms. The first-order valence-electron chi connectivity index (χ1n) is 5.38. The molecule has 0 aliphatic carbocycles. The molecule has 1 nitrogen and oxygen atoms in total. The van der Waals surface area contributed by atoms with Gasteiger partial charge in [-0.05, 0) is 30.7 Å². The Morgan fingerprint density at radius 2 is 1.83 bits per heavy atom. The monoisotopic (exact) mass is 268 g/mol. The number of hydrogen-bond acceptors (Lipinski definition) is 1. The van der Waals surface area contributed by atoms with Gasteiger partial charge in [0, 0.05) is 16.1 Å². The van der Waals surface area contributed by atoms with Crippen LogP contribution in [0.1, 0.15) is 22.8 Å². The fourth-order valence-corrected chi connectivity index (χ4v) is 2.00. The van der Waals surface area contributed by atoms with E-state index in [0.29, 0.717) is 10.6 Å². The number of rotatable bonds is 2. The Morgan fingerprint density at radius 1 is 1.11 bits per heavy atom. The summed E-state index contributed by atoms with van der Waals surface area (Å²) in [5, 5.41) is 10.5. The van der Waals surface area contributed by atoms with Crippen molar-refractivity contribution in [1.82, 2.24) is 0 Å². The van der Waals surface area contributed by atoms with Crippen molar-refractivity contribution in [1.29, 1.82) is 0 Å². The van der Waals surface area contributed by atoms with Gasteiger partial charge >= 0.3 is 0 Å². The molecular formula is C14H11ClF2O. The van der Waals surface area contributed by atoms with Gasteiger partial charge in [-0.15, -0.1) is 0 Å². The van der Waals surface area contributed by atoms with E-state index >= 15 is 0 Å². The lowest BCUT2D eigenvalue weighted by Crippen LogP contribution is -2.04. The summed E-state index contributed by atoms with van der Waals surface area (Å²) in [5.74, 6) is -1.27. The zero-order valence-electron chi connectivity index (χ0n) is 9.62. The lowest BCUT2D eigenvalue weighted by molar-refractivity contribution is 0.214. The lowest BCUT2D eigenvalue weighted by Gasteiger charge is -2.15. The normalized spacial score (nSPS) is 12.5. The Morgan fingerprint density at radius 3 is 2.56 bits per heavy atom. The highest BCUT2D eigenvalue weighted by molar-refractivity contribution is 6.32. The van der Waals surface area contributed by atoms with Crippen molar-refractivity contribution in [2.45, 2.75) is 13.0 Å². The van der Waals surface area contributed by atoms with Crippen LogP contribution in [0.5, 0.6) is 0 Å². The van der Waals surface area contributed by atoms with E-state index in [2.05, 4.69) is 0 Å². The van der Waals surface area contributed by atoms with Crippen LogP contribution in [0.25, 0.3) is 0 Å². The van der Waals surface area contributed by atoms with Gasteiger partial charge in [-0.2, -0.15) is 0 Å². The van der Waals surface area contributed by atoms with Gasteiger partial charge in [-0.1, -0.05) is 29.8 Å². The molecule has 0 heterocycles. The number of aliphatic hydroxyl groups is 1. The molecule has 0 fully saturated rings. The zero-order chi connectivity index (χ0) is 13.3. The van der Waals surface area contributed by atoms with Crippen LogP contribution in [0, 0.1) is 18.6 Å². The second kappa shape index (κ2) is 5.04. The van der Waals surface area contributed by atoms with Crippen molar-refractivity contribution in [3.8, 4) is 0 Å². The Bertz CT molecular complexity index is 582. The second-order valence-corrected chi connectivity index (χ2v) is 4.42. The van der Waals surface area contributed by atoms with Gasteiger partial charge in [0.2, 0.25) is 0 Å². The quantitative estimate of drug-likeness (QED) is 0.873. The molecule has 2 aromatic rings. The standard InChI is InChI=1S/C14H11ClF2O/c1-8-3-2-4-10(13(8)15)14(18)11-7-9(16)5-6-12(11)17/h2-7,14,18H,1H3. The van der Waals surface area contributed by atoms with Crippen LogP contribution in [-0.2, 0) is 0 Å². The summed E-state index contributed by atoms with van der Waals surface area (Å²) in [6, 6.07) is 8.03. The lowest BCUT2D eigenvalue weighted by atomic mass is 9.99. The number of hydrogen-bond donors (Lipinski definition) is 1. The van der Waals surface area contributed by atoms with E-state index < -0.39 is 17.7 Å². The van der Waals surface area contributed by atoms with Gasteiger partial charge in [0.25, 0.3) is 0 Å². The maximum atomic E-state index is 13.6.